The van der Waals surface area contributed by atoms with Gasteiger partial charge in [0.05, 0.1) is 17.3 Å². The first kappa shape index (κ1) is 18.3. The summed E-state index contributed by atoms with van der Waals surface area (Å²) in [6.07, 6.45) is 3.56. The number of rotatable bonds is 4. The average molecular weight is 387 g/mol. The number of likely N-dealkylation sites (tertiary alicyclic amines) is 1. The molecule has 0 aromatic carbocycles. The molecule has 0 bridgehead atoms. The van der Waals surface area contributed by atoms with Gasteiger partial charge in [0.15, 0.2) is 0 Å². The van der Waals surface area contributed by atoms with Crippen molar-refractivity contribution in [2.24, 2.45) is 5.41 Å². The van der Waals surface area contributed by atoms with Crippen LogP contribution in [0.1, 0.15) is 46.3 Å². The SMILES string of the molecule is CC1(CNCc2occc2Br)CCCN(C(=O)OC(C)(C)C)C1. The summed E-state index contributed by atoms with van der Waals surface area (Å²) in [5, 5.41) is 3.44. The molecule has 0 radical (unpaired) electrons. The molecule has 1 aromatic heterocycles. The van der Waals surface area contributed by atoms with E-state index in [1.54, 1.807) is 6.26 Å². The molecule has 5 nitrogen and oxygen atoms in total. The number of amides is 1. The average Bonchev–Trinajstić information content (AvgIpc) is 2.82. The van der Waals surface area contributed by atoms with E-state index in [4.69, 9.17) is 9.15 Å². The van der Waals surface area contributed by atoms with Gasteiger partial charge in [0.25, 0.3) is 0 Å². The highest BCUT2D eigenvalue weighted by Gasteiger charge is 2.34. The van der Waals surface area contributed by atoms with E-state index >= 15 is 0 Å². The van der Waals surface area contributed by atoms with Gasteiger partial charge >= 0.3 is 6.09 Å². The Bertz CT molecular complexity index is 538. The van der Waals surface area contributed by atoms with Gasteiger partial charge in [-0.2, -0.15) is 0 Å². The molecule has 1 aromatic rings. The van der Waals surface area contributed by atoms with E-state index in [9.17, 15) is 4.79 Å². The lowest BCUT2D eigenvalue weighted by atomic mass is 9.82. The minimum absolute atomic E-state index is 0.0498. The molecular formula is C17H27BrN2O3. The number of halogens is 1. The molecule has 1 fully saturated rings. The van der Waals surface area contributed by atoms with Crippen molar-refractivity contribution >= 4 is 22.0 Å². The number of hydrogen-bond donors (Lipinski definition) is 1. The van der Waals surface area contributed by atoms with Crippen LogP contribution in [0.2, 0.25) is 0 Å². The monoisotopic (exact) mass is 386 g/mol. The Labute approximate surface area is 146 Å². The summed E-state index contributed by atoms with van der Waals surface area (Å²) in [4.78, 5) is 14.1. The Morgan fingerprint density at radius 3 is 2.87 bits per heavy atom. The zero-order chi connectivity index (χ0) is 17.1. The number of piperidine rings is 1. The minimum atomic E-state index is -0.450. The maximum Gasteiger partial charge on any atom is 0.410 e. The summed E-state index contributed by atoms with van der Waals surface area (Å²) >= 11 is 3.46. The maximum absolute atomic E-state index is 12.3. The first-order valence-electron chi connectivity index (χ1n) is 8.09. The van der Waals surface area contributed by atoms with Crippen LogP contribution in [0.25, 0.3) is 0 Å². The Hall–Kier alpha value is -1.01. The molecule has 2 rings (SSSR count). The van der Waals surface area contributed by atoms with Crippen LogP contribution in [-0.2, 0) is 11.3 Å². The largest absolute Gasteiger partial charge is 0.467 e. The van der Waals surface area contributed by atoms with Crippen LogP contribution in [0, 0.1) is 5.41 Å². The molecule has 6 heteroatoms. The van der Waals surface area contributed by atoms with Crippen molar-refractivity contribution in [3.05, 3.63) is 22.6 Å². The maximum atomic E-state index is 12.3. The molecule has 23 heavy (non-hydrogen) atoms. The molecule has 1 aliphatic heterocycles. The van der Waals surface area contributed by atoms with Crippen molar-refractivity contribution in [1.29, 1.82) is 0 Å². The highest BCUT2D eigenvalue weighted by Crippen LogP contribution is 2.30. The summed E-state index contributed by atoms with van der Waals surface area (Å²) in [6, 6.07) is 1.89. The van der Waals surface area contributed by atoms with E-state index in [1.165, 1.54) is 0 Å². The van der Waals surface area contributed by atoms with Gasteiger partial charge < -0.3 is 19.4 Å². The van der Waals surface area contributed by atoms with Crippen molar-refractivity contribution < 1.29 is 13.9 Å². The number of carbonyl (C=O) groups excluding carboxylic acids is 1. The van der Waals surface area contributed by atoms with Crippen molar-refractivity contribution in [3.63, 3.8) is 0 Å². The molecule has 1 N–H and O–H groups in total. The molecule has 1 saturated heterocycles. The van der Waals surface area contributed by atoms with Crippen LogP contribution >= 0.6 is 15.9 Å². The first-order valence-corrected chi connectivity index (χ1v) is 8.88. The van der Waals surface area contributed by atoms with Crippen molar-refractivity contribution in [3.8, 4) is 0 Å². The molecule has 1 aliphatic rings. The summed E-state index contributed by atoms with van der Waals surface area (Å²) < 4.78 is 11.9. The van der Waals surface area contributed by atoms with E-state index in [-0.39, 0.29) is 11.5 Å². The molecule has 0 aliphatic carbocycles. The minimum Gasteiger partial charge on any atom is -0.467 e. The zero-order valence-electron chi connectivity index (χ0n) is 14.4. The van der Waals surface area contributed by atoms with Crippen LogP contribution < -0.4 is 5.32 Å². The fourth-order valence-corrected chi connectivity index (χ4v) is 3.21. The summed E-state index contributed by atoms with van der Waals surface area (Å²) in [5.74, 6) is 0.897. The number of carbonyl (C=O) groups is 1. The topological polar surface area (TPSA) is 54.7 Å². The highest BCUT2D eigenvalue weighted by atomic mass is 79.9. The molecule has 0 spiro atoms. The number of hydrogen-bond acceptors (Lipinski definition) is 4. The number of nitrogens with one attached hydrogen (secondary N) is 1. The smallest absolute Gasteiger partial charge is 0.410 e. The van der Waals surface area contributed by atoms with E-state index in [1.807, 2.05) is 31.7 Å². The Morgan fingerprint density at radius 1 is 1.52 bits per heavy atom. The van der Waals surface area contributed by atoms with E-state index < -0.39 is 5.60 Å². The van der Waals surface area contributed by atoms with Crippen LogP contribution in [0.15, 0.2) is 21.2 Å². The third kappa shape index (κ3) is 5.53. The zero-order valence-corrected chi connectivity index (χ0v) is 16.0. The summed E-state index contributed by atoms with van der Waals surface area (Å²) in [5.41, 5.74) is -0.400. The van der Waals surface area contributed by atoms with E-state index in [2.05, 4.69) is 28.2 Å². The predicted molar refractivity (Wildman–Crippen MR) is 93.3 cm³/mol. The van der Waals surface area contributed by atoms with Gasteiger partial charge in [-0.1, -0.05) is 6.92 Å². The predicted octanol–water partition coefficient (Wildman–Crippen LogP) is 4.17. The highest BCUT2D eigenvalue weighted by molar-refractivity contribution is 9.10. The molecule has 1 atom stereocenters. The van der Waals surface area contributed by atoms with Crippen LogP contribution in [0.5, 0.6) is 0 Å². The van der Waals surface area contributed by atoms with Gasteiger partial charge in [-0.3, -0.25) is 0 Å². The number of furan rings is 1. The lowest BCUT2D eigenvalue weighted by Crippen LogP contribution is -2.50. The Kier molecular flexibility index (Phi) is 5.79. The molecule has 1 unspecified atom stereocenters. The van der Waals surface area contributed by atoms with E-state index in [0.29, 0.717) is 13.1 Å². The van der Waals surface area contributed by atoms with Gasteiger partial charge in [0.1, 0.15) is 11.4 Å². The quantitative estimate of drug-likeness (QED) is 0.843. The van der Waals surface area contributed by atoms with Gasteiger partial charge in [-0.05, 0) is 61.0 Å². The fourth-order valence-electron chi connectivity index (χ4n) is 2.87. The second kappa shape index (κ2) is 7.26. The van der Waals surface area contributed by atoms with Gasteiger partial charge in [-0.15, -0.1) is 0 Å². The lowest BCUT2D eigenvalue weighted by Gasteiger charge is -2.41. The Morgan fingerprint density at radius 2 is 2.26 bits per heavy atom. The van der Waals surface area contributed by atoms with Crippen LogP contribution in [-0.4, -0.2) is 36.2 Å². The fraction of sp³-hybridized carbons (Fsp3) is 0.706. The number of nitrogens with zero attached hydrogens (tertiary/aromatic N) is 1. The Balaban J connectivity index is 1.86. The molecule has 0 saturated carbocycles. The second-order valence-corrected chi connectivity index (χ2v) is 8.47. The molecule has 1 amide bonds. The third-order valence-corrected chi connectivity index (χ3v) is 4.67. The van der Waals surface area contributed by atoms with Gasteiger partial charge in [-0.25, -0.2) is 4.79 Å². The standard InChI is InChI=1S/C17H27BrN2O3/c1-16(2,3)23-15(21)20-8-5-7-17(4,12-20)11-19-10-14-13(18)6-9-22-14/h6,9,19H,5,7-8,10-12H2,1-4H3. The molecule has 130 valence electrons. The second-order valence-electron chi connectivity index (χ2n) is 7.61. The summed E-state index contributed by atoms with van der Waals surface area (Å²) in [6.45, 7) is 10.9. The lowest BCUT2D eigenvalue weighted by molar-refractivity contribution is 0.00670. The third-order valence-electron chi connectivity index (χ3n) is 3.96. The molecule has 2 heterocycles. The molecular weight excluding hydrogens is 360 g/mol. The van der Waals surface area contributed by atoms with Crippen molar-refractivity contribution in [2.45, 2.75) is 52.7 Å². The van der Waals surface area contributed by atoms with Gasteiger partial charge in [0.2, 0.25) is 0 Å². The number of ether oxygens (including phenoxy) is 1. The van der Waals surface area contributed by atoms with Crippen molar-refractivity contribution in [1.82, 2.24) is 10.2 Å². The van der Waals surface area contributed by atoms with Gasteiger partial charge in [0, 0.05) is 19.6 Å². The first-order chi connectivity index (χ1) is 10.7. The van der Waals surface area contributed by atoms with Crippen LogP contribution in [0.4, 0.5) is 4.79 Å². The summed E-state index contributed by atoms with van der Waals surface area (Å²) in [7, 11) is 0. The van der Waals surface area contributed by atoms with Crippen molar-refractivity contribution in [2.75, 3.05) is 19.6 Å². The van der Waals surface area contributed by atoms with E-state index in [0.717, 1.165) is 36.2 Å². The normalized spacial score (nSPS) is 22.2. The van der Waals surface area contributed by atoms with Crippen LogP contribution in [0.3, 0.4) is 0 Å².